The summed E-state index contributed by atoms with van der Waals surface area (Å²) in [5.74, 6) is 0.0128. The minimum Gasteiger partial charge on any atom is -0.381 e. The predicted octanol–water partition coefficient (Wildman–Crippen LogP) is -0.129. The zero-order valence-corrected chi connectivity index (χ0v) is 7.63. The Balaban J connectivity index is 2.18. The summed E-state index contributed by atoms with van der Waals surface area (Å²) in [5.41, 5.74) is -0.659. The number of Topliss-reactive ketones (excluding diaryl/α,β-unsaturated/α-hetero) is 1. The first-order valence-corrected chi connectivity index (χ1v) is 4.55. The average Bonchev–Trinajstić information content (AvgIpc) is 2.61. The van der Waals surface area contributed by atoms with Crippen LogP contribution in [0.4, 0.5) is 0 Å². The Hall–Kier alpha value is -0.900. The first-order chi connectivity index (χ1) is 6.13. The van der Waals surface area contributed by atoms with E-state index in [1.165, 1.54) is 0 Å². The third-order valence-corrected chi connectivity index (χ3v) is 3.05. The van der Waals surface area contributed by atoms with Crippen LogP contribution in [0.15, 0.2) is 0 Å². The van der Waals surface area contributed by atoms with E-state index in [2.05, 4.69) is 5.32 Å². The molecule has 2 fully saturated rings. The number of hydrogen-bond donors (Lipinski definition) is 1. The highest BCUT2D eigenvalue weighted by molar-refractivity contribution is 6.10. The van der Waals surface area contributed by atoms with Crippen molar-refractivity contribution in [2.45, 2.75) is 25.3 Å². The number of amides is 1. The number of carbonyl (C=O) groups is 2. The van der Waals surface area contributed by atoms with Crippen LogP contribution in [-0.4, -0.2) is 30.4 Å². The van der Waals surface area contributed by atoms with Crippen LogP contribution in [0.2, 0.25) is 0 Å². The maximum atomic E-state index is 11.6. The molecule has 0 spiro atoms. The van der Waals surface area contributed by atoms with Gasteiger partial charge in [-0.25, -0.2) is 0 Å². The van der Waals surface area contributed by atoms with Crippen LogP contribution < -0.4 is 5.32 Å². The lowest BCUT2D eigenvalue weighted by Gasteiger charge is -2.28. The minimum atomic E-state index is -0.659. The lowest BCUT2D eigenvalue weighted by atomic mass is 9.83. The Bertz CT molecular complexity index is 258. The maximum Gasteiger partial charge on any atom is 0.228 e. The van der Waals surface area contributed by atoms with E-state index in [9.17, 15) is 9.59 Å². The number of hydrogen-bond acceptors (Lipinski definition) is 3. The molecule has 1 amide bonds. The molecule has 1 N–H and O–H groups in total. The minimum absolute atomic E-state index is 0.00741. The van der Waals surface area contributed by atoms with Gasteiger partial charge >= 0.3 is 0 Å². The van der Waals surface area contributed by atoms with E-state index in [1.807, 2.05) is 0 Å². The normalized spacial score (nSPS) is 39.6. The largest absolute Gasteiger partial charge is 0.381 e. The van der Waals surface area contributed by atoms with Crippen molar-refractivity contribution in [1.29, 1.82) is 0 Å². The number of nitrogens with one attached hydrogen (secondary N) is 1. The zero-order chi connectivity index (χ0) is 9.47. The van der Waals surface area contributed by atoms with Gasteiger partial charge in [0.25, 0.3) is 0 Å². The van der Waals surface area contributed by atoms with Crippen LogP contribution in [0.5, 0.6) is 0 Å². The summed E-state index contributed by atoms with van der Waals surface area (Å²) < 4.78 is 5.21. The lowest BCUT2D eigenvalue weighted by molar-refractivity contribution is -0.124. The Morgan fingerprint density at radius 1 is 1.54 bits per heavy atom. The SMILES string of the molecule is CC1(C2CCOC2)NC(=O)CC1=O. The Morgan fingerprint density at radius 3 is 2.77 bits per heavy atom. The molecular formula is C9H13NO3. The third kappa shape index (κ3) is 1.25. The van der Waals surface area contributed by atoms with Crippen molar-refractivity contribution >= 4 is 11.7 Å². The second-order valence-corrected chi connectivity index (χ2v) is 3.91. The van der Waals surface area contributed by atoms with E-state index < -0.39 is 5.54 Å². The summed E-state index contributed by atoms with van der Waals surface area (Å²) in [7, 11) is 0. The topological polar surface area (TPSA) is 55.4 Å². The molecule has 2 unspecified atom stereocenters. The van der Waals surface area contributed by atoms with Crippen LogP contribution >= 0.6 is 0 Å². The molecule has 2 rings (SSSR count). The molecule has 72 valence electrons. The van der Waals surface area contributed by atoms with E-state index in [4.69, 9.17) is 4.74 Å². The van der Waals surface area contributed by atoms with E-state index in [0.29, 0.717) is 13.2 Å². The van der Waals surface area contributed by atoms with Gasteiger partial charge in [-0.15, -0.1) is 0 Å². The number of ketones is 1. The van der Waals surface area contributed by atoms with Gasteiger partial charge < -0.3 is 10.1 Å². The monoisotopic (exact) mass is 183 g/mol. The highest BCUT2D eigenvalue weighted by Gasteiger charge is 2.48. The molecule has 2 saturated heterocycles. The highest BCUT2D eigenvalue weighted by Crippen LogP contribution is 2.30. The fourth-order valence-electron chi connectivity index (χ4n) is 2.05. The molecule has 0 radical (unpaired) electrons. The van der Waals surface area contributed by atoms with Crippen LogP contribution in [0.1, 0.15) is 19.8 Å². The first kappa shape index (κ1) is 8.69. The highest BCUT2D eigenvalue weighted by atomic mass is 16.5. The van der Waals surface area contributed by atoms with E-state index in [0.717, 1.165) is 6.42 Å². The fourth-order valence-corrected chi connectivity index (χ4v) is 2.05. The summed E-state index contributed by atoms with van der Waals surface area (Å²) in [5, 5.41) is 2.75. The van der Waals surface area contributed by atoms with Crippen molar-refractivity contribution in [2.24, 2.45) is 5.92 Å². The van der Waals surface area contributed by atoms with Crippen molar-refractivity contribution in [3.63, 3.8) is 0 Å². The van der Waals surface area contributed by atoms with E-state index in [-0.39, 0.29) is 24.0 Å². The van der Waals surface area contributed by atoms with Gasteiger partial charge in [0.2, 0.25) is 5.91 Å². The van der Waals surface area contributed by atoms with E-state index >= 15 is 0 Å². The zero-order valence-electron chi connectivity index (χ0n) is 7.63. The second-order valence-electron chi connectivity index (χ2n) is 3.91. The number of carbonyl (C=O) groups excluding carboxylic acids is 2. The van der Waals surface area contributed by atoms with Crippen LogP contribution in [0.3, 0.4) is 0 Å². The van der Waals surface area contributed by atoms with Crippen LogP contribution in [-0.2, 0) is 14.3 Å². The Labute approximate surface area is 76.6 Å². The van der Waals surface area contributed by atoms with E-state index in [1.54, 1.807) is 6.92 Å². The van der Waals surface area contributed by atoms with Crippen LogP contribution in [0, 0.1) is 5.92 Å². The summed E-state index contributed by atoms with van der Waals surface area (Å²) in [4.78, 5) is 22.6. The maximum absolute atomic E-state index is 11.6. The molecule has 2 aliphatic heterocycles. The molecule has 0 saturated carbocycles. The Kier molecular flexibility index (Phi) is 1.87. The summed E-state index contributed by atoms with van der Waals surface area (Å²) in [6.45, 7) is 3.09. The van der Waals surface area contributed by atoms with Crippen molar-refractivity contribution < 1.29 is 14.3 Å². The molecule has 13 heavy (non-hydrogen) atoms. The molecule has 2 aliphatic rings. The lowest BCUT2D eigenvalue weighted by Crippen LogP contribution is -2.50. The summed E-state index contributed by atoms with van der Waals surface area (Å²) in [6.07, 6.45) is 0.898. The van der Waals surface area contributed by atoms with Crippen molar-refractivity contribution in [2.75, 3.05) is 13.2 Å². The number of ether oxygens (including phenoxy) is 1. The molecule has 4 nitrogen and oxygen atoms in total. The molecule has 0 bridgehead atoms. The smallest absolute Gasteiger partial charge is 0.228 e. The van der Waals surface area contributed by atoms with Gasteiger partial charge in [0, 0.05) is 12.5 Å². The predicted molar refractivity (Wildman–Crippen MR) is 45.1 cm³/mol. The second kappa shape index (κ2) is 2.80. The van der Waals surface area contributed by atoms with Crippen molar-refractivity contribution in [3.05, 3.63) is 0 Å². The molecule has 0 aromatic carbocycles. The molecule has 0 aromatic rings. The Morgan fingerprint density at radius 2 is 2.31 bits per heavy atom. The third-order valence-electron chi connectivity index (χ3n) is 3.05. The quantitative estimate of drug-likeness (QED) is 0.576. The van der Waals surface area contributed by atoms with Gasteiger partial charge in [-0.3, -0.25) is 9.59 Å². The van der Waals surface area contributed by atoms with Gasteiger partial charge in [0.05, 0.1) is 13.0 Å². The van der Waals surface area contributed by atoms with Crippen molar-refractivity contribution in [3.8, 4) is 0 Å². The molecule has 4 heteroatoms. The van der Waals surface area contributed by atoms with Gasteiger partial charge in [0.1, 0.15) is 5.54 Å². The van der Waals surface area contributed by atoms with Gasteiger partial charge in [-0.1, -0.05) is 0 Å². The molecule has 2 atom stereocenters. The first-order valence-electron chi connectivity index (χ1n) is 4.55. The van der Waals surface area contributed by atoms with Gasteiger partial charge in [0.15, 0.2) is 5.78 Å². The average molecular weight is 183 g/mol. The molecular weight excluding hydrogens is 170 g/mol. The standard InChI is InChI=1S/C9H13NO3/c1-9(6-2-3-13-5-6)7(11)4-8(12)10-9/h6H,2-5H2,1H3,(H,10,12). The number of rotatable bonds is 1. The molecule has 0 aromatic heterocycles. The summed E-state index contributed by atoms with van der Waals surface area (Å²) >= 11 is 0. The summed E-state index contributed by atoms with van der Waals surface area (Å²) in [6, 6.07) is 0. The van der Waals surface area contributed by atoms with Crippen LogP contribution in [0.25, 0.3) is 0 Å². The fraction of sp³-hybridized carbons (Fsp3) is 0.778. The molecule has 2 heterocycles. The molecule has 0 aliphatic carbocycles. The van der Waals surface area contributed by atoms with Crippen molar-refractivity contribution in [1.82, 2.24) is 5.32 Å². The van der Waals surface area contributed by atoms with Gasteiger partial charge in [-0.05, 0) is 13.3 Å². The van der Waals surface area contributed by atoms with Gasteiger partial charge in [-0.2, -0.15) is 0 Å².